The fourth-order valence-electron chi connectivity index (χ4n) is 4.62. The van der Waals surface area contributed by atoms with Crippen molar-refractivity contribution in [2.75, 3.05) is 13.7 Å². The molecule has 33 heavy (non-hydrogen) atoms. The van der Waals surface area contributed by atoms with Gasteiger partial charge in [0.15, 0.2) is 0 Å². The van der Waals surface area contributed by atoms with Crippen molar-refractivity contribution in [1.82, 2.24) is 14.1 Å². The zero-order valence-electron chi connectivity index (χ0n) is 18.8. The van der Waals surface area contributed by atoms with E-state index in [1.807, 2.05) is 13.0 Å². The first-order chi connectivity index (χ1) is 16.0. The number of carboxylic acid groups (broad SMARTS) is 1. The molecule has 0 spiro atoms. The summed E-state index contributed by atoms with van der Waals surface area (Å²) in [6.45, 7) is 6.03. The van der Waals surface area contributed by atoms with E-state index in [9.17, 15) is 4.79 Å². The van der Waals surface area contributed by atoms with Crippen LogP contribution in [0, 0.1) is 6.92 Å². The summed E-state index contributed by atoms with van der Waals surface area (Å²) < 4.78 is 14.7. The highest BCUT2D eigenvalue weighted by Crippen LogP contribution is 2.35. The Labute approximate surface area is 190 Å². The first kappa shape index (κ1) is 21.0. The second-order valence-corrected chi connectivity index (χ2v) is 8.05. The Morgan fingerprint density at radius 1 is 1.00 bits per heavy atom. The number of fused-ring (bicyclic) bond motifs is 4. The molecule has 3 aromatic carbocycles. The quantitative estimate of drug-likeness (QED) is 0.263. The lowest BCUT2D eigenvalue weighted by Crippen LogP contribution is -2.07. The van der Waals surface area contributed by atoms with Gasteiger partial charge in [0, 0.05) is 53.6 Å². The zero-order chi connectivity index (χ0) is 23.1. The minimum absolute atomic E-state index is 0.291. The van der Waals surface area contributed by atoms with E-state index in [1.54, 1.807) is 13.2 Å². The summed E-state index contributed by atoms with van der Waals surface area (Å²) in [7, 11) is 1.68. The fourth-order valence-corrected chi connectivity index (χ4v) is 4.62. The molecule has 0 aliphatic carbocycles. The lowest BCUT2D eigenvalue weighted by molar-refractivity contribution is 0.144. The van der Waals surface area contributed by atoms with Crippen LogP contribution < -0.4 is 4.74 Å². The number of ether oxygens (including phenoxy) is 2. The maximum atomic E-state index is 11.1. The number of aromatic nitrogens is 3. The van der Waals surface area contributed by atoms with E-state index >= 15 is 0 Å². The van der Waals surface area contributed by atoms with Gasteiger partial charge in [-0.2, -0.15) is 0 Å². The topological polar surface area (TPSA) is 78.5 Å². The summed E-state index contributed by atoms with van der Waals surface area (Å²) in [6.07, 6.45) is -1.34. The van der Waals surface area contributed by atoms with Crippen LogP contribution in [-0.4, -0.2) is 39.1 Å². The molecule has 5 rings (SSSR count). The number of rotatable bonds is 6. The summed E-state index contributed by atoms with van der Waals surface area (Å²) >= 11 is 0. The van der Waals surface area contributed by atoms with E-state index in [0.717, 1.165) is 29.0 Å². The number of hydrogen-bond acceptors (Lipinski definition) is 4. The van der Waals surface area contributed by atoms with Gasteiger partial charge in [0.05, 0.1) is 17.6 Å². The highest BCUT2D eigenvalue weighted by Gasteiger charge is 2.18. The van der Waals surface area contributed by atoms with E-state index in [2.05, 4.69) is 58.5 Å². The van der Waals surface area contributed by atoms with E-state index in [0.29, 0.717) is 24.4 Å². The SMILES string of the molecule is CCn1c2ccccc2c2cc(-c3nc4cc(OC(=O)O)c(C)cc4n3CCOC)ccc21. The van der Waals surface area contributed by atoms with Crippen molar-refractivity contribution in [3.8, 4) is 17.1 Å². The van der Waals surface area contributed by atoms with Gasteiger partial charge < -0.3 is 23.7 Å². The van der Waals surface area contributed by atoms with Crippen molar-refractivity contribution >= 4 is 39.0 Å². The molecule has 0 radical (unpaired) electrons. The van der Waals surface area contributed by atoms with Gasteiger partial charge in [-0.1, -0.05) is 18.2 Å². The molecule has 1 N–H and O–H groups in total. The minimum atomic E-state index is -1.34. The fraction of sp³-hybridized carbons (Fsp3) is 0.231. The lowest BCUT2D eigenvalue weighted by Gasteiger charge is -2.10. The minimum Gasteiger partial charge on any atom is -0.449 e. The summed E-state index contributed by atoms with van der Waals surface area (Å²) in [5.41, 5.74) is 5.72. The average Bonchev–Trinajstić information content (AvgIpc) is 3.32. The van der Waals surface area contributed by atoms with Gasteiger partial charge in [-0.05, 0) is 49.7 Å². The molecular formula is C26H25N3O4. The van der Waals surface area contributed by atoms with Gasteiger partial charge in [0.1, 0.15) is 11.6 Å². The monoisotopic (exact) mass is 443 g/mol. The Balaban J connectivity index is 1.74. The van der Waals surface area contributed by atoms with Crippen molar-refractivity contribution in [2.24, 2.45) is 0 Å². The first-order valence-electron chi connectivity index (χ1n) is 10.9. The molecule has 7 heteroatoms. The Morgan fingerprint density at radius 2 is 1.79 bits per heavy atom. The average molecular weight is 444 g/mol. The first-order valence-corrected chi connectivity index (χ1v) is 10.9. The summed E-state index contributed by atoms with van der Waals surface area (Å²) in [4.78, 5) is 16.0. The molecule has 0 aliphatic heterocycles. The largest absolute Gasteiger partial charge is 0.511 e. The Bertz CT molecular complexity index is 1510. The normalized spacial score (nSPS) is 11.6. The maximum absolute atomic E-state index is 11.1. The van der Waals surface area contributed by atoms with Crippen LogP contribution in [-0.2, 0) is 17.8 Å². The number of aryl methyl sites for hydroxylation is 2. The molecule has 0 fully saturated rings. The van der Waals surface area contributed by atoms with Crippen molar-refractivity contribution in [3.05, 3.63) is 60.2 Å². The van der Waals surface area contributed by atoms with E-state index in [1.165, 1.54) is 21.8 Å². The van der Waals surface area contributed by atoms with Crippen molar-refractivity contribution in [2.45, 2.75) is 26.9 Å². The highest BCUT2D eigenvalue weighted by atomic mass is 16.7. The smallest absolute Gasteiger partial charge is 0.449 e. The third-order valence-corrected chi connectivity index (χ3v) is 6.11. The molecule has 0 amide bonds. The van der Waals surface area contributed by atoms with Gasteiger partial charge in [-0.25, -0.2) is 9.78 Å². The van der Waals surface area contributed by atoms with Gasteiger partial charge in [0.25, 0.3) is 0 Å². The van der Waals surface area contributed by atoms with Crippen LogP contribution >= 0.6 is 0 Å². The van der Waals surface area contributed by atoms with Gasteiger partial charge in [0.2, 0.25) is 0 Å². The van der Waals surface area contributed by atoms with Gasteiger partial charge in [-0.3, -0.25) is 0 Å². The number of carbonyl (C=O) groups is 1. The summed E-state index contributed by atoms with van der Waals surface area (Å²) in [5, 5.41) is 11.5. The predicted octanol–water partition coefficient (Wildman–Crippen LogP) is 5.84. The van der Waals surface area contributed by atoms with E-state index < -0.39 is 6.16 Å². The molecule has 2 aromatic heterocycles. The molecule has 168 valence electrons. The number of para-hydroxylation sites is 1. The second kappa shape index (κ2) is 8.26. The predicted molar refractivity (Wildman–Crippen MR) is 129 cm³/mol. The molecule has 0 saturated heterocycles. The lowest BCUT2D eigenvalue weighted by atomic mass is 10.1. The number of nitrogens with zero attached hydrogens (tertiary/aromatic N) is 3. The number of benzene rings is 3. The standard InChI is InChI=1S/C26H25N3O4/c1-4-28-21-8-6-5-7-18(21)19-14-17(9-10-22(19)28)25-27-20-15-24(33-26(30)31)16(2)13-23(20)29(25)11-12-32-3/h5-10,13-15H,4,11-12H2,1-3H3,(H,30,31). The Hall–Kier alpha value is -3.84. The van der Waals surface area contributed by atoms with Gasteiger partial charge >= 0.3 is 6.16 Å². The van der Waals surface area contributed by atoms with Crippen LogP contribution in [0.1, 0.15) is 12.5 Å². The molecule has 0 saturated carbocycles. The van der Waals surface area contributed by atoms with Crippen molar-refractivity contribution < 1.29 is 19.4 Å². The van der Waals surface area contributed by atoms with E-state index in [-0.39, 0.29) is 0 Å². The van der Waals surface area contributed by atoms with Gasteiger partial charge in [-0.15, -0.1) is 0 Å². The third-order valence-electron chi connectivity index (χ3n) is 6.11. The molecule has 0 atom stereocenters. The van der Waals surface area contributed by atoms with Crippen LogP contribution in [0.2, 0.25) is 0 Å². The van der Waals surface area contributed by atoms with Crippen LogP contribution in [0.4, 0.5) is 4.79 Å². The van der Waals surface area contributed by atoms with Crippen LogP contribution in [0.5, 0.6) is 5.75 Å². The van der Waals surface area contributed by atoms with Crippen LogP contribution in [0.15, 0.2) is 54.6 Å². The number of hydrogen-bond donors (Lipinski definition) is 1. The highest BCUT2D eigenvalue weighted by molar-refractivity contribution is 6.09. The molecule has 5 aromatic rings. The molecule has 0 unspecified atom stereocenters. The van der Waals surface area contributed by atoms with E-state index in [4.69, 9.17) is 19.6 Å². The zero-order valence-corrected chi connectivity index (χ0v) is 18.8. The van der Waals surface area contributed by atoms with Crippen molar-refractivity contribution in [1.29, 1.82) is 0 Å². The molecular weight excluding hydrogens is 418 g/mol. The Kier molecular flexibility index (Phi) is 5.26. The molecule has 2 heterocycles. The van der Waals surface area contributed by atoms with Crippen LogP contribution in [0.3, 0.4) is 0 Å². The van der Waals surface area contributed by atoms with Crippen LogP contribution in [0.25, 0.3) is 44.2 Å². The second-order valence-electron chi connectivity index (χ2n) is 8.05. The maximum Gasteiger partial charge on any atom is 0.511 e. The van der Waals surface area contributed by atoms with Crippen molar-refractivity contribution in [3.63, 3.8) is 0 Å². The number of imidazole rings is 1. The molecule has 0 bridgehead atoms. The summed E-state index contributed by atoms with van der Waals surface area (Å²) in [6, 6.07) is 18.5. The third kappa shape index (κ3) is 3.50. The number of methoxy groups -OCH3 is 1. The molecule has 7 nitrogen and oxygen atoms in total. The molecule has 0 aliphatic rings. The summed E-state index contributed by atoms with van der Waals surface area (Å²) in [5.74, 6) is 1.10. The Morgan fingerprint density at radius 3 is 2.55 bits per heavy atom.